The zero-order valence-electron chi connectivity index (χ0n) is 10.9. The number of anilines is 1. The zero-order valence-corrected chi connectivity index (χ0v) is 13.5. The fourth-order valence-electron chi connectivity index (χ4n) is 1.38. The highest BCUT2D eigenvalue weighted by Gasteiger charge is 2.25. The second-order valence-corrected chi connectivity index (χ2v) is 6.89. The van der Waals surface area contributed by atoms with Gasteiger partial charge in [-0.25, -0.2) is 0 Å². The highest BCUT2D eigenvalue weighted by Crippen LogP contribution is 2.36. The predicted octanol–water partition coefficient (Wildman–Crippen LogP) is 3.43. The van der Waals surface area contributed by atoms with Crippen LogP contribution in [-0.4, -0.2) is 35.8 Å². The van der Waals surface area contributed by atoms with Crippen LogP contribution < -0.4 is 4.90 Å². The standard InChI is InChI=1S/C11H21N3S3/c1-5-11(6-2,7-15)8-16-10-13-12-9(17-10)14(3)4/h15H,5-8H2,1-4H3. The summed E-state index contributed by atoms with van der Waals surface area (Å²) in [5.41, 5.74) is 0.331. The summed E-state index contributed by atoms with van der Waals surface area (Å²) >= 11 is 7.96. The number of aromatic nitrogens is 2. The molecule has 0 aromatic carbocycles. The number of thiol groups is 1. The summed E-state index contributed by atoms with van der Waals surface area (Å²) in [6.07, 6.45) is 2.33. The second kappa shape index (κ2) is 6.85. The molecule has 1 aromatic rings. The average Bonchev–Trinajstić information content (AvgIpc) is 2.81. The number of rotatable bonds is 7. The second-order valence-electron chi connectivity index (χ2n) is 4.40. The van der Waals surface area contributed by atoms with Gasteiger partial charge in [0.05, 0.1) is 0 Å². The van der Waals surface area contributed by atoms with Crippen molar-refractivity contribution in [3.63, 3.8) is 0 Å². The van der Waals surface area contributed by atoms with Crippen LogP contribution in [-0.2, 0) is 0 Å². The number of nitrogens with zero attached hydrogens (tertiary/aromatic N) is 3. The van der Waals surface area contributed by atoms with Crippen LogP contribution >= 0.6 is 35.7 Å². The van der Waals surface area contributed by atoms with Gasteiger partial charge in [0.2, 0.25) is 5.13 Å². The molecule has 0 saturated heterocycles. The van der Waals surface area contributed by atoms with Crippen LogP contribution in [0.15, 0.2) is 4.34 Å². The molecule has 0 bridgehead atoms. The molecular formula is C11H21N3S3. The zero-order chi connectivity index (χ0) is 12.9. The Bertz CT molecular complexity index is 326. The SMILES string of the molecule is CCC(CC)(CS)CSc1nnc(N(C)C)s1. The van der Waals surface area contributed by atoms with Crippen LogP contribution in [0.4, 0.5) is 5.13 Å². The fourth-order valence-corrected chi connectivity index (χ4v) is 4.27. The molecule has 0 saturated carbocycles. The Morgan fingerprint density at radius 3 is 2.35 bits per heavy atom. The van der Waals surface area contributed by atoms with E-state index in [0.29, 0.717) is 5.41 Å². The van der Waals surface area contributed by atoms with Crippen LogP contribution in [0.5, 0.6) is 0 Å². The van der Waals surface area contributed by atoms with Crippen molar-refractivity contribution in [2.45, 2.75) is 31.0 Å². The van der Waals surface area contributed by atoms with Gasteiger partial charge in [0.25, 0.3) is 0 Å². The summed E-state index contributed by atoms with van der Waals surface area (Å²) in [7, 11) is 3.98. The van der Waals surface area contributed by atoms with Gasteiger partial charge in [0.15, 0.2) is 4.34 Å². The molecule has 98 valence electrons. The van der Waals surface area contributed by atoms with Crippen molar-refractivity contribution < 1.29 is 0 Å². The Hall–Kier alpha value is 0.0600. The monoisotopic (exact) mass is 291 g/mol. The lowest BCUT2D eigenvalue weighted by atomic mass is 9.87. The van der Waals surface area contributed by atoms with Gasteiger partial charge >= 0.3 is 0 Å². The maximum atomic E-state index is 4.49. The first-order valence-corrected chi connectivity index (χ1v) is 8.25. The molecule has 0 radical (unpaired) electrons. The molecule has 0 aliphatic heterocycles. The van der Waals surface area contributed by atoms with E-state index in [-0.39, 0.29) is 0 Å². The van der Waals surface area contributed by atoms with E-state index in [4.69, 9.17) is 0 Å². The Morgan fingerprint density at radius 2 is 1.94 bits per heavy atom. The molecule has 17 heavy (non-hydrogen) atoms. The van der Waals surface area contributed by atoms with Gasteiger partial charge in [-0.3, -0.25) is 0 Å². The first kappa shape index (κ1) is 15.1. The van der Waals surface area contributed by atoms with E-state index in [1.165, 1.54) is 12.8 Å². The van der Waals surface area contributed by atoms with Crippen LogP contribution in [0.3, 0.4) is 0 Å². The third-order valence-corrected chi connectivity index (χ3v) is 6.36. The minimum absolute atomic E-state index is 0.331. The van der Waals surface area contributed by atoms with Gasteiger partial charge < -0.3 is 4.90 Å². The summed E-state index contributed by atoms with van der Waals surface area (Å²) in [5, 5.41) is 9.33. The Morgan fingerprint density at radius 1 is 1.29 bits per heavy atom. The molecule has 0 amide bonds. The van der Waals surface area contributed by atoms with Crippen molar-refractivity contribution in [1.29, 1.82) is 0 Å². The fraction of sp³-hybridized carbons (Fsp3) is 0.818. The summed E-state index contributed by atoms with van der Waals surface area (Å²) in [6, 6.07) is 0. The van der Waals surface area contributed by atoms with Crippen molar-refractivity contribution in [3.8, 4) is 0 Å². The lowest BCUT2D eigenvalue weighted by Gasteiger charge is -2.28. The molecule has 6 heteroatoms. The summed E-state index contributed by atoms with van der Waals surface area (Å²) in [6.45, 7) is 4.48. The minimum atomic E-state index is 0.331. The molecule has 0 spiro atoms. The molecule has 0 unspecified atom stereocenters. The number of thioether (sulfide) groups is 1. The Labute approximate surface area is 118 Å². The first-order chi connectivity index (χ1) is 8.06. The normalized spacial score (nSPS) is 11.8. The van der Waals surface area contributed by atoms with Gasteiger partial charge in [0.1, 0.15) is 0 Å². The maximum absolute atomic E-state index is 4.49. The largest absolute Gasteiger partial charge is 0.353 e. The molecule has 0 fully saturated rings. The minimum Gasteiger partial charge on any atom is -0.353 e. The van der Waals surface area contributed by atoms with Gasteiger partial charge in [-0.05, 0) is 24.0 Å². The van der Waals surface area contributed by atoms with Crippen molar-refractivity contribution in [1.82, 2.24) is 10.2 Å². The van der Waals surface area contributed by atoms with Gasteiger partial charge in [0, 0.05) is 19.8 Å². The van der Waals surface area contributed by atoms with Gasteiger partial charge in [-0.15, -0.1) is 10.2 Å². The maximum Gasteiger partial charge on any atom is 0.208 e. The van der Waals surface area contributed by atoms with E-state index in [9.17, 15) is 0 Å². The topological polar surface area (TPSA) is 29.0 Å². The van der Waals surface area contributed by atoms with E-state index in [2.05, 4.69) is 36.7 Å². The predicted molar refractivity (Wildman–Crippen MR) is 81.8 cm³/mol. The quantitative estimate of drug-likeness (QED) is 0.615. The van der Waals surface area contributed by atoms with Gasteiger partial charge in [-0.1, -0.05) is 36.9 Å². The van der Waals surface area contributed by atoms with Crippen LogP contribution in [0.1, 0.15) is 26.7 Å². The molecule has 0 atom stereocenters. The smallest absolute Gasteiger partial charge is 0.208 e. The lowest BCUT2D eigenvalue weighted by molar-refractivity contribution is 0.357. The first-order valence-electron chi connectivity index (χ1n) is 5.81. The van der Waals surface area contributed by atoms with Crippen molar-refractivity contribution in [2.75, 3.05) is 30.5 Å². The van der Waals surface area contributed by atoms with Gasteiger partial charge in [-0.2, -0.15) is 12.6 Å². The average molecular weight is 292 g/mol. The van der Waals surface area contributed by atoms with Crippen molar-refractivity contribution in [2.24, 2.45) is 5.41 Å². The third kappa shape index (κ3) is 4.03. The molecule has 1 heterocycles. The summed E-state index contributed by atoms with van der Waals surface area (Å²) < 4.78 is 1.06. The van der Waals surface area contributed by atoms with E-state index in [1.807, 2.05) is 30.8 Å². The van der Waals surface area contributed by atoms with E-state index >= 15 is 0 Å². The highest BCUT2D eigenvalue weighted by atomic mass is 32.2. The molecule has 0 aliphatic carbocycles. The molecule has 1 aromatic heterocycles. The third-order valence-electron chi connectivity index (χ3n) is 3.12. The molecule has 3 nitrogen and oxygen atoms in total. The Kier molecular flexibility index (Phi) is 6.09. The molecular weight excluding hydrogens is 270 g/mol. The van der Waals surface area contributed by atoms with E-state index < -0.39 is 0 Å². The number of hydrogen-bond acceptors (Lipinski definition) is 6. The summed E-state index contributed by atoms with van der Waals surface area (Å²) in [5.74, 6) is 2.01. The molecule has 1 rings (SSSR count). The lowest BCUT2D eigenvalue weighted by Crippen LogP contribution is -2.24. The molecule has 0 aliphatic rings. The van der Waals surface area contributed by atoms with E-state index in [0.717, 1.165) is 21.0 Å². The van der Waals surface area contributed by atoms with Crippen molar-refractivity contribution in [3.05, 3.63) is 0 Å². The van der Waals surface area contributed by atoms with Crippen molar-refractivity contribution >= 4 is 40.9 Å². The Balaban J connectivity index is 2.59. The molecule has 0 N–H and O–H groups in total. The van der Waals surface area contributed by atoms with E-state index in [1.54, 1.807) is 11.3 Å². The summed E-state index contributed by atoms with van der Waals surface area (Å²) in [4.78, 5) is 1.99. The van der Waals surface area contributed by atoms with Crippen LogP contribution in [0.25, 0.3) is 0 Å². The van der Waals surface area contributed by atoms with Crippen LogP contribution in [0.2, 0.25) is 0 Å². The number of hydrogen-bond donors (Lipinski definition) is 1. The van der Waals surface area contributed by atoms with Crippen LogP contribution in [0, 0.1) is 5.41 Å². The highest BCUT2D eigenvalue weighted by molar-refractivity contribution is 8.01.